The second-order valence-corrected chi connectivity index (χ2v) is 13.1. The van der Waals surface area contributed by atoms with Crippen molar-refractivity contribution in [1.82, 2.24) is 9.47 Å². The molecule has 4 aliphatic rings. The number of para-hydroxylation sites is 1. The Balaban J connectivity index is 1.38. The summed E-state index contributed by atoms with van der Waals surface area (Å²) in [6.45, 7) is 6.42. The fourth-order valence-corrected chi connectivity index (χ4v) is 8.73. The lowest BCUT2D eigenvalue weighted by atomic mass is 9.70. The molecule has 2 nitrogen and oxygen atoms in total. The molecule has 0 bridgehead atoms. The molecule has 0 N–H and O–H groups in total. The zero-order valence-electron chi connectivity index (χ0n) is 26.1. The van der Waals surface area contributed by atoms with Crippen molar-refractivity contribution in [3.63, 3.8) is 0 Å². The third-order valence-corrected chi connectivity index (χ3v) is 10.7. The summed E-state index contributed by atoms with van der Waals surface area (Å²) >= 11 is 6.53. The van der Waals surface area contributed by atoms with E-state index in [0.29, 0.717) is 0 Å². The number of aryl methyl sites for hydroxylation is 1. The Hall–Kier alpha value is -4.79. The molecule has 1 aromatic heterocycles. The molecule has 0 saturated carbocycles. The number of rotatable bonds is 5. The summed E-state index contributed by atoms with van der Waals surface area (Å²) in [6, 6.07) is 29.3. The van der Waals surface area contributed by atoms with Crippen molar-refractivity contribution < 1.29 is 0 Å². The minimum Gasteiger partial charge on any atom is -0.360 e. The van der Waals surface area contributed by atoms with Gasteiger partial charge in [-0.1, -0.05) is 121 Å². The number of hydrogen-bond donors (Lipinski definition) is 0. The highest BCUT2D eigenvalue weighted by atomic mass is 35.5. The number of halogens is 1. The average Bonchev–Trinajstić information content (AvgIpc) is 3.61. The van der Waals surface area contributed by atoms with Gasteiger partial charge < -0.3 is 9.47 Å². The standard InChI is InChI=1S/C43H35ClN2/c1-3-45-39-19-11-9-15-31(39)37-25-35(29-13-5-7-17-33(29)42(37)45)41(27-21-23-28(44)24-22-27)36-26-38-32-16-10-12-20-40(32)46(4-2)43(38)34-18-8-6-14-30(34)36/h5-26,29,39,41H,3-4H2,1-2H3. The van der Waals surface area contributed by atoms with E-state index >= 15 is 0 Å². The molecule has 1 aliphatic heterocycles. The zero-order chi connectivity index (χ0) is 30.9. The predicted molar refractivity (Wildman–Crippen MR) is 194 cm³/mol. The molecule has 0 spiro atoms. The van der Waals surface area contributed by atoms with Crippen molar-refractivity contribution in [2.45, 2.75) is 32.4 Å². The highest BCUT2D eigenvalue weighted by Crippen LogP contribution is 2.52. The Morgan fingerprint density at radius 2 is 1.43 bits per heavy atom. The Morgan fingerprint density at radius 1 is 0.717 bits per heavy atom. The summed E-state index contributed by atoms with van der Waals surface area (Å²) in [7, 11) is 0. The largest absolute Gasteiger partial charge is 0.360 e. The summed E-state index contributed by atoms with van der Waals surface area (Å²) in [5, 5.41) is 5.99. The second kappa shape index (κ2) is 10.6. The van der Waals surface area contributed by atoms with Gasteiger partial charge in [0.15, 0.2) is 0 Å². The Bertz CT molecular complexity index is 2300. The maximum Gasteiger partial charge on any atom is 0.0736 e. The van der Waals surface area contributed by atoms with Crippen molar-refractivity contribution in [1.29, 1.82) is 0 Å². The van der Waals surface area contributed by atoms with E-state index in [1.165, 1.54) is 71.7 Å². The van der Waals surface area contributed by atoms with Gasteiger partial charge in [0.2, 0.25) is 0 Å². The van der Waals surface area contributed by atoms with Gasteiger partial charge in [0.05, 0.1) is 11.6 Å². The van der Waals surface area contributed by atoms with Crippen LogP contribution in [0.4, 0.5) is 0 Å². The van der Waals surface area contributed by atoms with Crippen LogP contribution in [-0.4, -0.2) is 22.1 Å². The molecular formula is C43H35ClN2. The van der Waals surface area contributed by atoms with Gasteiger partial charge in [-0.2, -0.15) is 0 Å². The van der Waals surface area contributed by atoms with Gasteiger partial charge in [-0.05, 0) is 71.3 Å². The second-order valence-electron chi connectivity index (χ2n) is 12.7. The molecule has 3 heteroatoms. The Labute approximate surface area is 275 Å². The SMILES string of the molecule is CCN1C2=C3C=CC=CC3C(C(c3ccc(Cl)cc3)c3cc4c5ccccc5n(CC)c4c4ccccc34)=CC2=C2C=CC=CC21. The van der Waals surface area contributed by atoms with E-state index in [-0.39, 0.29) is 17.9 Å². The smallest absolute Gasteiger partial charge is 0.0736 e. The van der Waals surface area contributed by atoms with Gasteiger partial charge in [0.1, 0.15) is 0 Å². The molecular weight excluding hydrogens is 580 g/mol. The zero-order valence-corrected chi connectivity index (χ0v) is 26.9. The van der Waals surface area contributed by atoms with E-state index in [1.807, 2.05) is 0 Å². The Morgan fingerprint density at radius 3 is 2.22 bits per heavy atom. The molecule has 0 saturated heterocycles. The van der Waals surface area contributed by atoms with Crippen molar-refractivity contribution in [3.8, 4) is 0 Å². The first-order valence-electron chi connectivity index (χ1n) is 16.5. The molecule has 5 aromatic rings. The van der Waals surface area contributed by atoms with Gasteiger partial charge in [0.25, 0.3) is 0 Å². The lowest BCUT2D eigenvalue weighted by molar-refractivity contribution is 0.361. The topological polar surface area (TPSA) is 8.17 Å². The lowest BCUT2D eigenvalue weighted by Gasteiger charge is -2.36. The first-order chi connectivity index (χ1) is 22.7. The monoisotopic (exact) mass is 614 g/mol. The van der Waals surface area contributed by atoms with Gasteiger partial charge in [0, 0.05) is 62.9 Å². The van der Waals surface area contributed by atoms with E-state index < -0.39 is 0 Å². The van der Waals surface area contributed by atoms with Crippen LogP contribution in [0, 0.1) is 5.92 Å². The van der Waals surface area contributed by atoms with Crippen molar-refractivity contribution in [2.75, 3.05) is 6.54 Å². The highest BCUT2D eigenvalue weighted by molar-refractivity contribution is 6.30. The van der Waals surface area contributed by atoms with Crippen LogP contribution in [0.2, 0.25) is 5.02 Å². The average molecular weight is 615 g/mol. The first-order valence-corrected chi connectivity index (χ1v) is 16.9. The molecule has 9 rings (SSSR count). The maximum atomic E-state index is 6.53. The summed E-state index contributed by atoms with van der Waals surface area (Å²) in [5.41, 5.74) is 12.2. The molecule has 46 heavy (non-hydrogen) atoms. The maximum absolute atomic E-state index is 6.53. The van der Waals surface area contributed by atoms with Crippen molar-refractivity contribution in [3.05, 3.63) is 178 Å². The minimum atomic E-state index is 0.0262. The molecule has 3 unspecified atom stereocenters. The van der Waals surface area contributed by atoms with Crippen molar-refractivity contribution >= 4 is 44.2 Å². The van der Waals surface area contributed by atoms with E-state index in [2.05, 4.69) is 157 Å². The number of aromatic nitrogens is 1. The van der Waals surface area contributed by atoms with E-state index in [0.717, 1.165) is 18.1 Å². The molecule has 0 radical (unpaired) electrons. The number of likely N-dealkylation sites (N-methyl/N-ethyl adjacent to an activating group) is 1. The van der Waals surface area contributed by atoms with Crippen LogP contribution in [0.25, 0.3) is 32.6 Å². The normalized spacial score (nSPS) is 20.6. The summed E-state index contributed by atoms with van der Waals surface area (Å²) in [6.07, 6.45) is 20.8. The molecule has 0 fully saturated rings. The van der Waals surface area contributed by atoms with E-state index in [1.54, 1.807) is 0 Å². The van der Waals surface area contributed by atoms with E-state index in [4.69, 9.17) is 11.6 Å². The molecule has 224 valence electrons. The summed E-state index contributed by atoms with van der Waals surface area (Å²) in [4.78, 5) is 2.59. The quantitative estimate of drug-likeness (QED) is 0.191. The third-order valence-electron chi connectivity index (χ3n) is 10.5. The van der Waals surface area contributed by atoms with Gasteiger partial charge >= 0.3 is 0 Å². The molecule has 4 aromatic carbocycles. The van der Waals surface area contributed by atoms with Gasteiger partial charge in [-0.3, -0.25) is 0 Å². The number of benzene rings is 4. The van der Waals surface area contributed by atoms with Crippen LogP contribution in [0.1, 0.15) is 30.9 Å². The fourth-order valence-electron chi connectivity index (χ4n) is 8.60. The molecule has 0 amide bonds. The van der Waals surface area contributed by atoms with Gasteiger partial charge in [-0.15, -0.1) is 0 Å². The summed E-state index contributed by atoms with van der Waals surface area (Å²) < 4.78 is 2.49. The van der Waals surface area contributed by atoms with Crippen molar-refractivity contribution in [2.24, 2.45) is 5.92 Å². The lowest BCUT2D eigenvalue weighted by Crippen LogP contribution is -2.32. The van der Waals surface area contributed by atoms with Crippen LogP contribution in [0.5, 0.6) is 0 Å². The third kappa shape index (κ3) is 3.90. The van der Waals surface area contributed by atoms with Gasteiger partial charge in [-0.25, -0.2) is 0 Å². The highest BCUT2D eigenvalue weighted by Gasteiger charge is 2.41. The molecule has 2 heterocycles. The number of fused-ring (bicyclic) bond motifs is 8. The number of allylic oxidation sites excluding steroid dienone is 9. The molecule has 3 aliphatic carbocycles. The minimum absolute atomic E-state index is 0.0262. The predicted octanol–water partition coefficient (Wildman–Crippen LogP) is 10.8. The molecule has 3 atom stereocenters. The number of hydrogen-bond acceptors (Lipinski definition) is 1. The van der Waals surface area contributed by atoms with Crippen LogP contribution >= 0.6 is 11.6 Å². The first kappa shape index (κ1) is 27.5. The number of nitrogens with zero attached hydrogens (tertiary/aromatic N) is 2. The van der Waals surface area contributed by atoms with Crippen LogP contribution in [0.15, 0.2) is 162 Å². The van der Waals surface area contributed by atoms with E-state index in [9.17, 15) is 0 Å². The summed E-state index contributed by atoms with van der Waals surface area (Å²) in [5.74, 6) is 0.192. The van der Waals surface area contributed by atoms with Crippen LogP contribution in [-0.2, 0) is 6.54 Å². The fraction of sp³-hybridized carbons (Fsp3) is 0.163. The van der Waals surface area contributed by atoms with Crippen LogP contribution in [0.3, 0.4) is 0 Å². The Kier molecular flexibility index (Phi) is 6.37. The van der Waals surface area contributed by atoms with Crippen LogP contribution < -0.4 is 0 Å².